The second-order valence-corrected chi connectivity index (χ2v) is 11.9. The zero-order valence-corrected chi connectivity index (χ0v) is 32.3. The Morgan fingerprint density at radius 3 is 2.00 bits per heavy atom. The Morgan fingerprint density at radius 1 is 0.902 bits per heavy atom. The van der Waals surface area contributed by atoms with Gasteiger partial charge in [0, 0.05) is 28.7 Å². The van der Waals surface area contributed by atoms with Crippen LogP contribution in [-0.2, 0) is 14.4 Å². The van der Waals surface area contributed by atoms with Gasteiger partial charge in [0.15, 0.2) is 0 Å². The number of benzene rings is 2. The molecule has 51 heavy (non-hydrogen) atoms. The summed E-state index contributed by atoms with van der Waals surface area (Å²) in [7, 11) is 0.500. The van der Waals surface area contributed by atoms with Gasteiger partial charge in [0.05, 0.1) is 7.18 Å². The fourth-order valence-electron chi connectivity index (χ4n) is 4.69. The summed E-state index contributed by atoms with van der Waals surface area (Å²) in [6.45, 7) is 22.4. The number of anilines is 1. The van der Waals surface area contributed by atoms with Crippen LogP contribution in [0.3, 0.4) is 0 Å². The van der Waals surface area contributed by atoms with E-state index in [0.717, 1.165) is 64.0 Å². The summed E-state index contributed by atoms with van der Waals surface area (Å²) < 4.78 is 9.50. The number of aliphatic imine (C=N–C) groups is 1. The number of hydrogen-bond acceptors (Lipinski definition) is 4. The molecule has 0 aliphatic rings. The van der Waals surface area contributed by atoms with Crippen LogP contribution in [0.1, 0.15) is 99.1 Å². The Bertz CT molecular complexity index is 1630. The number of nitrogens with zero attached hydrogens (tertiary/aromatic N) is 1. The molecule has 0 saturated carbocycles. The Labute approximate surface area is 306 Å². The number of allylic oxidation sites excluding steroid dienone is 8. The van der Waals surface area contributed by atoms with Crippen molar-refractivity contribution in [2.45, 2.75) is 94.0 Å². The van der Waals surface area contributed by atoms with Gasteiger partial charge in [-0.25, -0.2) is 0 Å². The van der Waals surface area contributed by atoms with Gasteiger partial charge in [-0.15, -0.1) is 0 Å². The Morgan fingerprint density at radius 2 is 1.49 bits per heavy atom. The molecule has 1 unspecified atom stereocenters. The minimum Gasteiger partial charge on any atom is -0.366 e. The average Bonchev–Trinajstić information content (AvgIpc) is 3.14. The zero-order valence-electron chi connectivity index (χ0n) is 32.3. The predicted molar refractivity (Wildman–Crippen MR) is 215 cm³/mol. The van der Waals surface area contributed by atoms with Gasteiger partial charge in [-0.05, 0) is 95.2 Å². The number of carbonyl (C=O) groups excluding carboxylic acids is 3. The van der Waals surface area contributed by atoms with Gasteiger partial charge < -0.3 is 16.4 Å². The molecule has 7 nitrogen and oxygen atoms in total. The molecule has 2 aromatic rings. The van der Waals surface area contributed by atoms with E-state index < -0.39 is 11.9 Å². The smallest absolute Gasteiger partial charge is 0.249 e. The second-order valence-electron chi connectivity index (χ2n) is 11.9. The van der Waals surface area contributed by atoms with Crippen molar-refractivity contribution in [3.05, 3.63) is 130 Å². The number of amides is 3. The first-order valence-corrected chi connectivity index (χ1v) is 17.3. The van der Waals surface area contributed by atoms with Crippen LogP contribution in [0.5, 0.6) is 0 Å². The van der Waals surface area contributed by atoms with E-state index in [1.165, 1.54) is 5.57 Å². The molecule has 4 N–H and O–H groups in total. The number of carbonyl (C=O) groups is 3. The quantitative estimate of drug-likeness (QED) is 0.0702. The number of alkyl halides is 1. The third-order valence-corrected chi connectivity index (χ3v) is 8.02. The second kappa shape index (κ2) is 25.8. The van der Waals surface area contributed by atoms with Crippen LogP contribution in [0.15, 0.2) is 124 Å². The van der Waals surface area contributed by atoms with E-state index in [1.807, 2.05) is 121 Å². The van der Waals surface area contributed by atoms with Crippen molar-refractivity contribution in [1.29, 1.82) is 0 Å². The molecule has 0 aliphatic heterocycles. The summed E-state index contributed by atoms with van der Waals surface area (Å²) in [5, 5.41) is 5.48. The largest absolute Gasteiger partial charge is 0.366 e. The van der Waals surface area contributed by atoms with E-state index in [0.29, 0.717) is 31.3 Å². The maximum Gasteiger partial charge on any atom is 0.249 e. The molecule has 1 atom stereocenters. The Hall–Kier alpha value is -5.11. The summed E-state index contributed by atoms with van der Waals surface area (Å²) in [5.74, 6) is -0.651. The summed E-state index contributed by atoms with van der Waals surface area (Å²) >= 11 is 0. The van der Waals surface area contributed by atoms with Crippen LogP contribution >= 0.6 is 0 Å². The molecule has 2 aromatic carbocycles. The van der Waals surface area contributed by atoms with Crippen molar-refractivity contribution in [1.82, 2.24) is 5.32 Å². The van der Waals surface area contributed by atoms with Gasteiger partial charge >= 0.3 is 0 Å². The molecule has 0 spiro atoms. The van der Waals surface area contributed by atoms with E-state index in [4.69, 9.17) is 5.73 Å². The summed E-state index contributed by atoms with van der Waals surface area (Å²) in [4.78, 5) is 39.8. The molecule has 0 bridgehead atoms. The normalized spacial score (nSPS) is 12.8. The SMILES string of the molecule is C/C=C(\C=NC(C)=C(C)CC)C(=C(C)CC)/C(=C\C=C(C)C)C(N)=O.C=C(c1ccccc1)c1ccccc1NC(=O)C(CCC)NC=O.CF. The number of nitrogens with two attached hydrogens (primary N) is 1. The topological polar surface area (TPSA) is 114 Å². The minimum absolute atomic E-state index is 0.225. The lowest BCUT2D eigenvalue weighted by Crippen LogP contribution is -2.39. The van der Waals surface area contributed by atoms with Gasteiger partial charge in [0.25, 0.3) is 0 Å². The molecule has 0 aliphatic carbocycles. The van der Waals surface area contributed by atoms with Gasteiger partial charge in [0.2, 0.25) is 18.2 Å². The van der Waals surface area contributed by atoms with Crippen LogP contribution in [-0.4, -0.2) is 37.7 Å². The van der Waals surface area contributed by atoms with Crippen molar-refractivity contribution >= 4 is 35.7 Å². The number of rotatable bonds is 16. The third kappa shape index (κ3) is 16.0. The van der Waals surface area contributed by atoms with E-state index in [-0.39, 0.29) is 5.91 Å². The molecule has 0 radical (unpaired) electrons. The van der Waals surface area contributed by atoms with Crippen molar-refractivity contribution in [3.63, 3.8) is 0 Å². The summed E-state index contributed by atoms with van der Waals surface area (Å²) in [6, 6.07) is 16.8. The van der Waals surface area contributed by atoms with Crippen LogP contribution < -0.4 is 16.4 Å². The highest BCUT2D eigenvalue weighted by Crippen LogP contribution is 2.28. The summed E-state index contributed by atoms with van der Waals surface area (Å²) in [5.41, 5.74) is 15.8. The number of para-hydroxylation sites is 1. The molecule has 0 fully saturated rings. The lowest BCUT2D eigenvalue weighted by molar-refractivity contribution is -0.121. The van der Waals surface area contributed by atoms with E-state index >= 15 is 0 Å². The zero-order chi connectivity index (χ0) is 38.9. The van der Waals surface area contributed by atoms with Crippen LogP contribution in [0.25, 0.3) is 5.57 Å². The third-order valence-electron chi connectivity index (χ3n) is 8.02. The van der Waals surface area contributed by atoms with Crippen LogP contribution in [0.2, 0.25) is 0 Å². The average molecular weight is 699 g/mol. The van der Waals surface area contributed by atoms with Gasteiger partial charge in [0.1, 0.15) is 6.04 Å². The van der Waals surface area contributed by atoms with Crippen molar-refractivity contribution < 1.29 is 18.8 Å². The van der Waals surface area contributed by atoms with Gasteiger partial charge in [-0.3, -0.25) is 23.8 Å². The number of halogens is 1. The minimum atomic E-state index is -0.537. The molecule has 8 heteroatoms. The standard InChI is InChI=1S/C22H34N2O.C20H22N2O2.CH3F/c1-9-16(6)18(8)24-14-19(11-3)21(17(7)10-2)20(22(23)25)13-12-15(4)5;1-3-9-19(21-14-23)20(24)22-18-13-8-7-12-17(18)15(2)16-10-5-4-6-11-16;1-2/h11-14H,9-10H2,1-8H3,(H2,23,25);4-8,10-14,19H,2-3,9H2,1H3,(H,21,23)(H,22,24);1H3/b18-16?,19-11+,20-13+,21-17?,24-14?;;. The molecule has 0 saturated heterocycles. The number of primary amides is 1. The first kappa shape index (κ1) is 45.9. The first-order valence-electron chi connectivity index (χ1n) is 17.3. The molecule has 3 amide bonds. The molecule has 2 rings (SSSR count). The maximum absolute atomic E-state index is 12.4. The Balaban J connectivity index is 0.000000935. The first-order chi connectivity index (χ1) is 24.4. The maximum atomic E-state index is 12.4. The lowest BCUT2D eigenvalue weighted by Gasteiger charge is -2.18. The fraction of sp³-hybridized carbons (Fsp3) is 0.349. The highest BCUT2D eigenvalue weighted by molar-refractivity contribution is 6.03. The van der Waals surface area contributed by atoms with Crippen LogP contribution in [0.4, 0.5) is 10.1 Å². The highest BCUT2D eigenvalue weighted by atomic mass is 19.1. The van der Waals surface area contributed by atoms with E-state index in [9.17, 15) is 18.8 Å². The van der Waals surface area contributed by atoms with Crippen LogP contribution in [0, 0.1) is 0 Å². The molecular formula is C43H59FN4O3. The van der Waals surface area contributed by atoms with Gasteiger partial charge in [-0.2, -0.15) is 0 Å². The monoisotopic (exact) mass is 698 g/mol. The molecule has 0 aromatic heterocycles. The number of nitrogens with one attached hydrogen (secondary N) is 2. The van der Waals surface area contributed by atoms with E-state index in [2.05, 4.69) is 43.0 Å². The summed E-state index contributed by atoms with van der Waals surface area (Å²) in [6.07, 6.45) is 11.3. The highest BCUT2D eigenvalue weighted by Gasteiger charge is 2.19. The fourth-order valence-corrected chi connectivity index (χ4v) is 4.69. The van der Waals surface area contributed by atoms with E-state index in [1.54, 1.807) is 0 Å². The van der Waals surface area contributed by atoms with Crippen molar-refractivity contribution in [3.8, 4) is 0 Å². The lowest BCUT2D eigenvalue weighted by atomic mass is 9.91. The predicted octanol–water partition coefficient (Wildman–Crippen LogP) is 10.00. The van der Waals surface area contributed by atoms with Crippen molar-refractivity contribution in [2.24, 2.45) is 10.7 Å². The number of hydrogen-bond donors (Lipinski definition) is 3. The molecular weight excluding hydrogens is 639 g/mol. The molecule has 276 valence electrons. The van der Waals surface area contributed by atoms with Gasteiger partial charge in [-0.1, -0.05) is 111 Å². The van der Waals surface area contributed by atoms with Crippen molar-refractivity contribution in [2.75, 3.05) is 12.5 Å². The molecule has 0 heterocycles. The Kier molecular flexibility index (Phi) is 23.2.